The van der Waals surface area contributed by atoms with Crippen molar-refractivity contribution >= 4 is 43.6 Å². The maximum Gasteiger partial charge on any atom is 0.160 e. The molecule has 0 unspecified atom stereocenters. The number of rotatable bonds is 14. The molecule has 0 bridgehead atoms. The molecule has 0 saturated carbocycles. The third-order valence-electron chi connectivity index (χ3n) is 20.6. The molecular formula is C104H68N8. The molecule has 0 aliphatic carbocycles. The average molecular weight is 1430 g/mol. The van der Waals surface area contributed by atoms with Gasteiger partial charge in [0.25, 0.3) is 0 Å². The van der Waals surface area contributed by atoms with Crippen LogP contribution in [0.3, 0.4) is 0 Å². The lowest BCUT2D eigenvalue weighted by Gasteiger charge is -2.13. The number of fused-ring (bicyclic) bond motifs is 6. The van der Waals surface area contributed by atoms with Gasteiger partial charge in [0.05, 0.1) is 67.6 Å². The van der Waals surface area contributed by atoms with Crippen molar-refractivity contribution < 1.29 is 0 Å². The van der Waals surface area contributed by atoms with Crippen LogP contribution in [0.2, 0.25) is 0 Å². The van der Waals surface area contributed by atoms with Gasteiger partial charge in [-0.1, -0.05) is 364 Å². The second-order valence-electron chi connectivity index (χ2n) is 27.7. The molecule has 0 spiro atoms. The maximum atomic E-state index is 5.29. The first-order valence-corrected chi connectivity index (χ1v) is 37.6. The van der Waals surface area contributed by atoms with Crippen LogP contribution in [0.15, 0.2) is 413 Å². The van der Waals surface area contributed by atoms with Crippen molar-refractivity contribution in [1.82, 2.24) is 39.9 Å². The van der Waals surface area contributed by atoms with Gasteiger partial charge in [-0.2, -0.15) is 0 Å². The Labute approximate surface area is 649 Å². The van der Waals surface area contributed by atoms with Gasteiger partial charge in [-0.3, -0.25) is 0 Å². The molecule has 6 heterocycles. The van der Waals surface area contributed by atoms with Crippen LogP contribution in [0.1, 0.15) is 0 Å². The van der Waals surface area contributed by atoms with E-state index < -0.39 is 0 Å². The van der Waals surface area contributed by atoms with E-state index in [0.717, 1.165) is 189 Å². The molecule has 0 N–H and O–H groups in total. The van der Waals surface area contributed by atoms with E-state index >= 15 is 0 Å². The Balaban J connectivity index is 0.000000151. The van der Waals surface area contributed by atoms with Gasteiger partial charge in [-0.05, 0) is 93.0 Å². The monoisotopic (exact) mass is 1430 g/mol. The highest BCUT2D eigenvalue weighted by Gasteiger charge is 2.20. The quantitative estimate of drug-likeness (QED) is 0.0992. The number of pyridine rings is 4. The number of aromatic nitrogens is 8. The van der Waals surface area contributed by atoms with E-state index in [9.17, 15) is 0 Å². The summed E-state index contributed by atoms with van der Waals surface area (Å²) in [7, 11) is 0. The van der Waals surface area contributed by atoms with Crippen molar-refractivity contribution in [2.45, 2.75) is 0 Å². The van der Waals surface area contributed by atoms with E-state index in [1.54, 1.807) is 0 Å². The molecule has 20 aromatic rings. The minimum atomic E-state index is 0.690. The van der Waals surface area contributed by atoms with Crippen molar-refractivity contribution in [3.05, 3.63) is 413 Å². The zero-order valence-electron chi connectivity index (χ0n) is 60.8. The molecule has 0 aliphatic rings. The molecule has 524 valence electrons. The van der Waals surface area contributed by atoms with Crippen molar-refractivity contribution in [2.24, 2.45) is 0 Å². The van der Waals surface area contributed by atoms with E-state index in [2.05, 4.69) is 328 Å². The third kappa shape index (κ3) is 13.9. The zero-order chi connectivity index (χ0) is 74.5. The molecule has 0 amide bonds. The lowest BCUT2D eigenvalue weighted by Crippen LogP contribution is -1.96. The lowest BCUT2D eigenvalue weighted by molar-refractivity contribution is 1.18. The molecule has 0 aliphatic heterocycles. The van der Waals surface area contributed by atoms with Crippen molar-refractivity contribution in [3.63, 3.8) is 0 Å². The van der Waals surface area contributed by atoms with E-state index in [4.69, 9.17) is 39.9 Å². The Morgan fingerprint density at radius 3 is 0.741 bits per heavy atom. The summed E-state index contributed by atoms with van der Waals surface area (Å²) >= 11 is 0. The Kier molecular flexibility index (Phi) is 18.2. The van der Waals surface area contributed by atoms with Gasteiger partial charge in [0.15, 0.2) is 11.6 Å². The molecular weight excluding hydrogens is 1360 g/mol. The van der Waals surface area contributed by atoms with Crippen LogP contribution in [-0.4, -0.2) is 39.9 Å². The predicted octanol–water partition coefficient (Wildman–Crippen LogP) is 26.5. The van der Waals surface area contributed by atoms with Gasteiger partial charge < -0.3 is 0 Å². The summed E-state index contributed by atoms with van der Waals surface area (Å²) in [5, 5.41) is 4.28. The molecule has 20 rings (SSSR count). The first-order chi connectivity index (χ1) is 55.5. The molecule has 0 radical (unpaired) electrons. The van der Waals surface area contributed by atoms with Crippen LogP contribution in [-0.2, 0) is 0 Å². The summed E-state index contributed by atoms with van der Waals surface area (Å²) in [6.07, 6.45) is 0. The summed E-state index contributed by atoms with van der Waals surface area (Å²) in [5.74, 6) is 1.39. The average Bonchev–Trinajstić information content (AvgIpc) is 0.756. The highest BCUT2D eigenvalue weighted by atomic mass is 14.9. The SMILES string of the molecule is c1ccc(-c2cc(-c3cccc(-c4ccc(-c5ccc6ccc7c(-c8ccccc8)cc(-c8ccccc8)nc7c6n5)cc4)c3)nc(-c3ccccc3)n2)cc1.c1ccc(-c2cc(-c3ccccc3)nc(-c3cccc(-c4ccc(-c5ccc6ccc7c(-c8ccccc8)cc(-c8ccccc8)nc7c6n5)cc4)c3)n2)cc1. The Morgan fingerprint density at radius 2 is 0.375 bits per heavy atom. The zero-order valence-corrected chi connectivity index (χ0v) is 60.8. The molecule has 0 fully saturated rings. The van der Waals surface area contributed by atoms with Gasteiger partial charge in [0.1, 0.15) is 0 Å². The second-order valence-corrected chi connectivity index (χ2v) is 27.7. The minimum Gasteiger partial charge on any atom is -0.245 e. The highest BCUT2D eigenvalue weighted by Crippen LogP contribution is 2.41. The van der Waals surface area contributed by atoms with Gasteiger partial charge >= 0.3 is 0 Å². The van der Waals surface area contributed by atoms with Crippen molar-refractivity contribution in [2.75, 3.05) is 0 Å². The van der Waals surface area contributed by atoms with Crippen LogP contribution in [0, 0.1) is 0 Å². The Bertz CT molecular complexity index is 6270. The molecule has 112 heavy (non-hydrogen) atoms. The number of hydrogen-bond acceptors (Lipinski definition) is 8. The van der Waals surface area contributed by atoms with Crippen molar-refractivity contribution in [3.8, 4) is 157 Å². The van der Waals surface area contributed by atoms with E-state index in [1.165, 1.54) is 0 Å². The van der Waals surface area contributed by atoms with Gasteiger partial charge in [-0.15, -0.1) is 0 Å². The largest absolute Gasteiger partial charge is 0.245 e. The minimum absolute atomic E-state index is 0.690. The second kappa shape index (κ2) is 30.3. The summed E-state index contributed by atoms with van der Waals surface area (Å²) in [6, 6.07) is 143. The molecule has 6 aromatic heterocycles. The van der Waals surface area contributed by atoms with Crippen LogP contribution >= 0.6 is 0 Å². The number of nitrogens with zero attached hydrogens (tertiary/aromatic N) is 8. The molecule has 0 atom stereocenters. The normalized spacial score (nSPS) is 11.2. The first kappa shape index (κ1) is 67.5. The Morgan fingerprint density at radius 1 is 0.125 bits per heavy atom. The van der Waals surface area contributed by atoms with E-state index in [1.807, 2.05) is 84.9 Å². The van der Waals surface area contributed by atoms with E-state index in [0.29, 0.717) is 11.6 Å². The fraction of sp³-hybridized carbons (Fsp3) is 0. The first-order valence-electron chi connectivity index (χ1n) is 37.6. The molecule has 0 saturated heterocycles. The van der Waals surface area contributed by atoms with Crippen LogP contribution in [0.5, 0.6) is 0 Å². The highest BCUT2D eigenvalue weighted by molar-refractivity contribution is 6.11. The summed E-state index contributed by atoms with van der Waals surface area (Å²) in [6.45, 7) is 0. The summed E-state index contributed by atoms with van der Waals surface area (Å²) in [5.41, 5.74) is 30.2. The lowest BCUT2D eigenvalue weighted by atomic mass is 9.96. The molecule has 8 heteroatoms. The van der Waals surface area contributed by atoms with Crippen molar-refractivity contribution in [1.29, 1.82) is 0 Å². The summed E-state index contributed by atoms with van der Waals surface area (Å²) < 4.78 is 0. The smallest absolute Gasteiger partial charge is 0.160 e. The predicted molar refractivity (Wildman–Crippen MR) is 461 cm³/mol. The Hall–Kier alpha value is -15.1. The fourth-order valence-corrected chi connectivity index (χ4v) is 14.8. The fourth-order valence-electron chi connectivity index (χ4n) is 14.8. The summed E-state index contributed by atoms with van der Waals surface area (Å²) in [4.78, 5) is 41.2. The van der Waals surface area contributed by atoms with E-state index in [-0.39, 0.29) is 0 Å². The molecule has 14 aromatic carbocycles. The number of hydrogen-bond donors (Lipinski definition) is 0. The number of benzene rings is 14. The third-order valence-corrected chi connectivity index (χ3v) is 20.6. The van der Waals surface area contributed by atoms with Crippen LogP contribution in [0.25, 0.3) is 201 Å². The van der Waals surface area contributed by atoms with Gasteiger partial charge in [-0.25, -0.2) is 39.9 Å². The van der Waals surface area contributed by atoms with Gasteiger partial charge in [0.2, 0.25) is 0 Å². The van der Waals surface area contributed by atoms with Gasteiger partial charge in [0, 0.05) is 77.2 Å². The standard InChI is InChI=1S/2C52H34N4/c1-5-14-36(15-6-1)45-33-47(37-16-7-2-8-17-37)54-51-44(45)30-28-40-29-31-46(53-50(40)51)39-26-24-35(25-27-39)42-22-13-23-43(32-42)49-34-48(38-18-9-3-10-19-38)55-52(56-49)41-20-11-4-12-21-41;1-5-14-36(15-6-1)45-33-47(37-16-7-2-8-17-37)54-51-44(45)30-28-41-29-31-46(53-50(41)51)40-26-24-35(25-27-40)42-22-13-23-43(32-42)52-55-48(38-18-9-3-10-19-38)34-49(56-52)39-20-11-4-12-21-39/h2*1-34H. The van der Waals surface area contributed by atoms with Crippen LogP contribution < -0.4 is 0 Å². The van der Waals surface area contributed by atoms with Crippen LogP contribution in [0.4, 0.5) is 0 Å². The molecule has 8 nitrogen and oxygen atoms in total. The maximum absolute atomic E-state index is 5.29. The topological polar surface area (TPSA) is 103 Å².